The second-order valence-electron chi connectivity index (χ2n) is 4.87. The Morgan fingerprint density at radius 3 is 2.50 bits per heavy atom. The largest absolute Gasteiger partial charge is 0.434 e. The van der Waals surface area contributed by atoms with E-state index in [1.807, 2.05) is 31.2 Å². The Hall–Kier alpha value is -3.15. The molecule has 0 radical (unpaired) electrons. The van der Waals surface area contributed by atoms with Crippen molar-refractivity contribution >= 4 is 11.5 Å². The third-order valence-corrected chi connectivity index (χ3v) is 3.30. The van der Waals surface area contributed by atoms with E-state index < -0.39 is 4.92 Å². The Morgan fingerprint density at radius 2 is 1.82 bits per heavy atom. The number of nitro groups is 1. The highest BCUT2D eigenvalue weighted by Crippen LogP contribution is 2.35. The highest BCUT2D eigenvalue weighted by atomic mass is 16.6. The first kappa shape index (κ1) is 13.8. The van der Waals surface area contributed by atoms with E-state index in [4.69, 9.17) is 10.2 Å². The summed E-state index contributed by atoms with van der Waals surface area (Å²) in [5.74, 6) is 0.755. The fourth-order valence-corrected chi connectivity index (χ4v) is 2.17. The number of anilines is 1. The van der Waals surface area contributed by atoms with Crippen LogP contribution in [0.3, 0.4) is 0 Å². The third kappa shape index (κ3) is 2.42. The molecule has 0 saturated heterocycles. The minimum atomic E-state index is -0.471. The Morgan fingerprint density at radius 1 is 1.14 bits per heavy atom. The average molecular weight is 295 g/mol. The highest BCUT2D eigenvalue weighted by Gasteiger charge is 2.21. The van der Waals surface area contributed by atoms with Crippen LogP contribution in [0, 0.1) is 17.0 Å². The molecule has 0 aliphatic heterocycles. The molecule has 3 aromatic rings. The summed E-state index contributed by atoms with van der Waals surface area (Å²) in [7, 11) is 0. The number of benzene rings is 2. The van der Waals surface area contributed by atoms with Gasteiger partial charge in [-0.25, -0.2) is 0 Å². The van der Waals surface area contributed by atoms with Gasteiger partial charge in [0.2, 0.25) is 5.89 Å². The number of rotatable bonds is 3. The minimum absolute atomic E-state index is 0.0702. The monoisotopic (exact) mass is 295 g/mol. The van der Waals surface area contributed by atoms with E-state index in [1.54, 1.807) is 18.2 Å². The van der Waals surface area contributed by atoms with Gasteiger partial charge in [0.15, 0.2) is 11.6 Å². The lowest BCUT2D eigenvalue weighted by Gasteiger charge is -1.99. The molecular formula is C16H13N3O3. The molecule has 2 N–H and O–H groups in total. The van der Waals surface area contributed by atoms with E-state index in [-0.39, 0.29) is 17.4 Å². The maximum absolute atomic E-state index is 11.1. The van der Waals surface area contributed by atoms with E-state index in [0.717, 1.165) is 11.1 Å². The van der Waals surface area contributed by atoms with Gasteiger partial charge in [-0.1, -0.05) is 42.0 Å². The summed E-state index contributed by atoms with van der Waals surface area (Å²) < 4.78 is 5.68. The second-order valence-corrected chi connectivity index (χ2v) is 4.87. The number of nitrogens with two attached hydrogens (primary N) is 1. The lowest BCUT2D eigenvalue weighted by atomic mass is 10.1. The zero-order chi connectivity index (χ0) is 15.7. The normalized spacial score (nSPS) is 10.6. The molecule has 0 fully saturated rings. The van der Waals surface area contributed by atoms with Gasteiger partial charge < -0.3 is 10.2 Å². The summed E-state index contributed by atoms with van der Waals surface area (Å²) in [6.07, 6.45) is 0. The molecule has 0 bridgehead atoms. The van der Waals surface area contributed by atoms with Gasteiger partial charge >= 0.3 is 0 Å². The van der Waals surface area contributed by atoms with Crippen LogP contribution in [0.4, 0.5) is 11.5 Å². The number of hydrogen-bond donors (Lipinski definition) is 1. The standard InChI is InChI=1S/C16H13N3O3/c1-10-6-8-11(9-7-10)14-15(17)18-16(22-14)12-4-2-3-5-13(12)19(20)21/h2-9H,17H2,1H3. The van der Waals surface area contributed by atoms with E-state index >= 15 is 0 Å². The summed E-state index contributed by atoms with van der Waals surface area (Å²) in [5.41, 5.74) is 8.02. The molecule has 0 amide bonds. The van der Waals surface area contributed by atoms with Crippen LogP contribution in [0.15, 0.2) is 52.9 Å². The molecule has 0 unspecified atom stereocenters. The summed E-state index contributed by atoms with van der Waals surface area (Å²) in [6.45, 7) is 1.98. The van der Waals surface area contributed by atoms with E-state index in [1.165, 1.54) is 6.07 Å². The summed E-state index contributed by atoms with van der Waals surface area (Å²) in [5, 5.41) is 11.1. The average Bonchev–Trinajstić information content (AvgIpc) is 2.90. The lowest BCUT2D eigenvalue weighted by molar-refractivity contribution is -0.384. The van der Waals surface area contributed by atoms with Gasteiger partial charge in [-0.05, 0) is 13.0 Å². The van der Waals surface area contributed by atoms with Crippen molar-refractivity contribution in [2.24, 2.45) is 0 Å². The number of para-hydroxylation sites is 1. The van der Waals surface area contributed by atoms with E-state index in [9.17, 15) is 10.1 Å². The number of nitrogen functional groups attached to an aromatic ring is 1. The van der Waals surface area contributed by atoms with Gasteiger partial charge in [-0.3, -0.25) is 10.1 Å². The van der Waals surface area contributed by atoms with Crippen molar-refractivity contribution in [1.82, 2.24) is 4.98 Å². The zero-order valence-electron chi connectivity index (χ0n) is 11.8. The first-order valence-corrected chi connectivity index (χ1v) is 6.63. The number of hydrogen-bond acceptors (Lipinski definition) is 5. The van der Waals surface area contributed by atoms with Crippen LogP contribution in [0.5, 0.6) is 0 Å². The van der Waals surface area contributed by atoms with Crippen molar-refractivity contribution in [2.75, 3.05) is 5.73 Å². The molecule has 1 heterocycles. The van der Waals surface area contributed by atoms with Gasteiger partial charge in [0.25, 0.3) is 5.69 Å². The van der Waals surface area contributed by atoms with Crippen LogP contribution >= 0.6 is 0 Å². The zero-order valence-corrected chi connectivity index (χ0v) is 11.8. The van der Waals surface area contributed by atoms with Crippen LogP contribution in [-0.4, -0.2) is 9.91 Å². The summed E-state index contributed by atoms with van der Waals surface area (Å²) in [6, 6.07) is 13.9. The van der Waals surface area contributed by atoms with Crippen molar-refractivity contribution in [2.45, 2.75) is 6.92 Å². The summed E-state index contributed by atoms with van der Waals surface area (Å²) in [4.78, 5) is 14.8. The molecule has 3 rings (SSSR count). The first-order valence-electron chi connectivity index (χ1n) is 6.63. The molecule has 0 atom stereocenters. The van der Waals surface area contributed by atoms with Gasteiger partial charge in [0.05, 0.1) is 4.92 Å². The van der Waals surface area contributed by atoms with Gasteiger partial charge in [-0.2, -0.15) is 4.98 Å². The highest BCUT2D eigenvalue weighted by molar-refractivity contribution is 5.74. The summed E-state index contributed by atoms with van der Waals surface area (Å²) >= 11 is 0. The van der Waals surface area contributed by atoms with Gasteiger partial charge in [0, 0.05) is 11.6 Å². The van der Waals surface area contributed by atoms with Crippen molar-refractivity contribution < 1.29 is 9.34 Å². The van der Waals surface area contributed by atoms with Crippen LogP contribution in [0.25, 0.3) is 22.8 Å². The molecule has 0 aliphatic carbocycles. The van der Waals surface area contributed by atoms with Crippen LogP contribution in [0.1, 0.15) is 5.56 Å². The smallest absolute Gasteiger partial charge is 0.282 e. The molecule has 22 heavy (non-hydrogen) atoms. The molecule has 110 valence electrons. The molecule has 6 heteroatoms. The number of aromatic nitrogens is 1. The Bertz CT molecular complexity index is 838. The Kier molecular flexibility index (Phi) is 3.34. The number of aryl methyl sites for hydroxylation is 1. The molecule has 0 spiro atoms. The van der Waals surface area contributed by atoms with Gasteiger partial charge in [0.1, 0.15) is 5.56 Å². The quantitative estimate of drug-likeness (QED) is 0.585. The van der Waals surface area contributed by atoms with E-state index in [2.05, 4.69) is 4.98 Å². The number of nitrogens with zero attached hydrogens (tertiary/aromatic N) is 2. The Balaban J connectivity index is 2.10. The molecule has 0 aliphatic rings. The SMILES string of the molecule is Cc1ccc(-c2oc(-c3ccccc3[N+](=O)[O-])nc2N)cc1. The predicted octanol–water partition coefficient (Wildman–Crippen LogP) is 3.81. The van der Waals surface area contributed by atoms with Gasteiger partial charge in [-0.15, -0.1) is 0 Å². The molecule has 1 aromatic heterocycles. The van der Waals surface area contributed by atoms with Crippen molar-refractivity contribution in [1.29, 1.82) is 0 Å². The third-order valence-electron chi connectivity index (χ3n) is 3.30. The first-order chi connectivity index (χ1) is 10.6. The lowest BCUT2D eigenvalue weighted by Crippen LogP contribution is -1.92. The van der Waals surface area contributed by atoms with Crippen LogP contribution in [-0.2, 0) is 0 Å². The predicted molar refractivity (Wildman–Crippen MR) is 83.2 cm³/mol. The number of nitro benzene ring substituents is 1. The van der Waals surface area contributed by atoms with Crippen LogP contribution in [0.2, 0.25) is 0 Å². The topological polar surface area (TPSA) is 95.2 Å². The molecule has 0 saturated carbocycles. The minimum Gasteiger partial charge on any atom is -0.434 e. The maximum Gasteiger partial charge on any atom is 0.282 e. The molecule has 6 nitrogen and oxygen atoms in total. The fraction of sp³-hybridized carbons (Fsp3) is 0.0625. The fourth-order valence-electron chi connectivity index (χ4n) is 2.17. The molecular weight excluding hydrogens is 282 g/mol. The van der Waals surface area contributed by atoms with Crippen molar-refractivity contribution in [3.8, 4) is 22.8 Å². The molecule has 2 aromatic carbocycles. The van der Waals surface area contributed by atoms with Crippen molar-refractivity contribution in [3.63, 3.8) is 0 Å². The Labute approximate surface area is 126 Å². The van der Waals surface area contributed by atoms with E-state index in [0.29, 0.717) is 11.3 Å². The van der Waals surface area contributed by atoms with Crippen LogP contribution < -0.4 is 5.73 Å². The maximum atomic E-state index is 11.1. The number of oxazole rings is 1. The second kappa shape index (κ2) is 5.33. The van der Waals surface area contributed by atoms with Crippen molar-refractivity contribution in [3.05, 3.63) is 64.2 Å².